The minimum Gasteiger partial charge on any atom is -0.489 e. The second kappa shape index (κ2) is 9.41. The molecule has 1 amide bonds. The zero-order valence-corrected chi connectivity index (χ0v) is 17.0. The normalized spacial score (nSPS) is 12.0. The standard InChI is InChI=1S/C21H24N4O2S/c1-14(2)19-23-21(25-24-19)28-15(3)20(26)22-17-9-11-18(12-10-17)27-13-16-7-5-4-6-8-16/h4-12,14-15H,13H2,1-3H3,(H,22,26)(H,23,24,25)/t15-/m1/s1. The summed E-state index contributed by atoms with van der Waals surface area (Å²) in [7, 11) is 0. The highest BCUT2D eigenvalue weighted by atomic mass is 32.2. The summed E-state index contributed by atoms with van der Waals surface area (Å²) in [4.78, 5) is 16.8. The van der Waals surface area contributed by atoms with E-state index in [1.807, 2.05) is 75.4 Å². The molecule has 0 aliphatic rings. The predicted molar refractivity (Wildman–Crippen MR) is 112 cm³/mol. The second-order valence-electron chi connectivity index (χ2n) is 6.71. The van der Waals surface area contributed by atoms with E-state index in [4.69, 9.17) is 4.74 Å². The number of thioether (sulfide) groups is 1. The van der Waals surface area contributed by atoms with Crippen LogP contribution in [0.15, 0.2) is 59.8 Å². The van der Waals surface area contributed by atoms with Gasteiger partial charge in [0.25, 0.3) is 0 Å². The highest BCUT2D eigenvalue weighted by Gasteiger charge is 2.18. The van der Waals surface area contributed by atoms with Crippen molar-refractivity contribution in [3.05, 3.63) is 66.0 Å². The molecule has 1 atom stereocenters. The molecule has 0 unspecified atom stereocenters. The molecule has 146 valence electrons. The quantitative estimate of drug-likeness (QED) is 0.543. The Morgan fingerprint density at radius 2 is 1.82 bits per heavy atom. The van der Waals surface area contributed by atoms with Crippen LogP contribution in [0.25, 0.3) is 0 Å². The zero-order chi connectivity index (χ0) is 19.9. The zero-order valence-electron chi connectivity index (χ0n) is 16.2. The number of rotatable bonds is 8. The van der Waals surface area contributed by atoms with Gasteiger partial charge in [0, 0.05) is 11.6 Å². The highest BCUT2D eigenvalue weighted by Crippen LogP contribution is 2.23. The Morgan fingerprint density at radius 1 is 1.11 bits per heavy atom. The average molecular weight is 397 g/mol. The number of nitrogens with one attached hydrogen (secondary N) is 2. The molecule has 1 aromatic heterocycles. The van der Waals surface area contributed by atoms with E-state index in [9.17, 15) is 4.79 Å². The summed E-state index contributed by atoms with van der Waals surface area (Å²) in [5, 5.41) is 10.2. The van der Waals surface area contributed by atoms with E-state index in [1.54, 1.807) is 0 Å². The number of carbonyl (C=O) groups excluding carboxylic acids is 1. The van der Waals surface area contributed by atoms with E-state index >= 15 is 0 Å². The lowest BCUT2D eigenvalue weighted by Gasteiger charge is -2.11. The van der Waals surface area contributed by atoms with Gasteiger partial charge in [0.05, 0.1) is 5.25 Å². The number of aromatic nitrogens is 3. The first kappa shape index (κ1) is 19.9. The lowest BCUT2D eigenvalue weighted by molar-refractivity contribution is -0.115. The molecular formula is C21H24N4O2S. The van der Waals surface area contributed by atoms with E-state index in [2.05, 4.69) is 20.5 Å². The third kappa shape index (κ3) is 5.60. The molecule has 3 aromatic rings. The van der Waals surface area contributed by atoms with Crippen molar-refractivity contribution in [2.75, 3.05) is 5.32 Å². The van der Waals surface area contributed by atoms with Gasteiger partial charge in [-0.05, 0) is 36.8 Å². The SMILES string of the molecule is CC(C)c1nc(S[C@H](C)C(=O)Nc2ccc(OCc3ccccc3)cc2)n[nH]1. The van der Waals surface area contributed by atoms with Gasteiger partial charge in [-0.15, -0.1) is 5.10 Å². The van der Waals surface area contributed by atoms with Crippen LogP contribution >= 0.6 is 11.8 Å². The van der Waals surface area contributed by atoms with Gasteiger partial charge in [0.2, 0.25) is 11.1 Å². The minimum absolute atomic E-state index is 0.0983. The maximum absolute atomic E-state index is 12.4. The Kier molecular flexibility index (Phi) is 6.71. The van der Waals surface area contributed by atoms with Crippen LogP contribution in [0.5, 0.6) is 5.75 Å². The molecule has 7 heteroatoms. The van der Waals surface area contributed by atoms with Crippen molar-refractivity contribution < 1.29 is 9.53 Å². The fourth-order valence-corrected chi connectivity index (χ4v) is 3.13. The van der Waals surface area contributed by atoms with E-state index < -0.39 is 0 Å². The summed E-state index contributed by atoms with van der Waals surface area (Å²) in [6.07, 6.45) is 0. The van der Waals surface area contributed by atoms with Crippen LogP contribution in [0.2, 0.25) is 0 Å². The van der Waals surface area contributed by atoms with Crippen LogP contribution in [0, 0.1) is 0 Å². The molecule has 1 heterocycles. The Morgan fingerprint density at radius 3 is 2.46 bits per heavy atom. The topological polar surface area (TPSA) is 79.9 Å². The smallest absolute Gasteiger partial charge is 0.237 e. The third-order valence-electron chi connectivity index (χ3n) is 4.05. The maximum Gasteiger partial charge on any atom is 0.237 e. The van der Waals surface area contributed by atoms with E-state index in [0.717, 1.165) is 22.8 Å². The largest absolute Gasteiger partial charge is 0.489 e. The van der Waals surface area contributed by atoms with Crippen molar-refractivity contribution in [2.24, 2.45) is 0 Å². The van der Waals surface area contributed by atoms with E-state index in [-0.39, 0.29) is 17.1 Å². The van der Waals surface area contributed by atoms with Crippen LogP contribution in [0.3, 0.4) is 0 Å². The summed E-state index contributed by atoms with van der Waals surface area (Å²) in [5.41, 5.74) is 1.83. The van der Waals surface area contributed by atoms with Gasteiger partial charge < -0.3 is 10.1 Å². The first-order valence-electron chi connectivity index (χ1n) is 9.18. The molecule has 0 aliphatic heterocycles. The number of ether oxygens (including phenoxy) is 1. The van der Waals surface area contributed by atoms with E-state index in [0.29, 0.717) is 11.8 Å². The predicted octanol–water partition coefficient (Wildman–Crippen LogP) is 4.63. The van der Waals surface area contributed by atoms with Crippen LogP contribution in [0.4, 0.5) is 5.69 Å². The molecule has 2 aromatic carbocycles. The van der Waals surface area contributed by atoms with Gasteiger partial charge in [0.15, 0.2) is 0 Å². The fraction of sp³-hybridized carbons (Fsp3) is 0.286. The number of H-pyrrole nitrogens is 1. The summed E-state index contributed by atoms with van der Waals surface area (Å²) in [6.45, 7) is 6.43. The van der Waals surface area contributed by atoms with Crippen LogP contribution in [0.1, 0.15) is 38.1 Å². The highest BCUT2D eigenvalue weighted by molar-refractivity contribution is 8.00. The number of nitrogens with zero attached hydrogens (tertiary/aromatic N) is 2. The number of benzene rings is 2. The maximum atomic E-state index is 12.4. The Labute approximate surface area is 169 Å². The van der Waals surface area contributed by atoms with Crippen molar-refractivity contribution in [2.45, 2.75) is 43.7 Å². The molecule has 0 saturated carbocycles. The van der Waals surface area contributed by atoms with Gasteiger partial charge in [-0.3, -0.25) is 9.89 Å². The second-order valence-corrected chi connectivity index (χ2v) is 8.01. The number of amides is 1. The number of hydrogen-bond acceptors (Lipinski definition) is 5. The third-order valence-corrected chi connectivity index (χ3v) is 5.01. The van der Waals surface area contributed by atoms with Crippen molar-refractivity contribution in [3.8, 4) is 5.75 Å². The molecule has 2 N–H and O–H groups in total. The van der Waals surface area contributed by atoms with Crippen molar-refractivity contribution in [3.63, 3.8) is 0 Å². The molecule has 0 fully saturated rings. The van der Waals surface area contributed by atoms with Gasteiger partial charge >= 0.3 is 0 Å². The van der Waals surface area contributed by atoms with Gasteiger partial charge in [-0.1, -0.05) is 55.9 Å². The molecular weight excluding hydrogens is 372 g/mol. The van der Waals surface area contributed by atoms with Crippen molar-refractivity contribution in [1.29, 1.82) is 0 Å². The first-order chi connectivity index (χ1) is 13.5. The number of carbonyl (C=O) groups is 1. The summed E-state index contributed by atoms with van der Waals surface area (Å²) in [5.74, 6) is 1.75. The van der Waals surface area contributed by atoms with Crippen LogP contribution in [-0.2, 0) is 11.4 Å². The van der Waals surface area contributed by atoms with Crippen LogP contribution < -0.4 is 10.1 Å². The minimum atomic E-state index is -0.315. The van der Waals surface area contributed by atoms with Gasteiger partial charge in [-0.2, -0.15) is 0 Å². The molecule has 0 spiro atoms. The Hall–Kier alpha value is -2.80. The van der Waals surface area contributed by atoms with Crippen molar-refractivity contribution in [1.82, 2.24) is 15.2 Å². The number of anilines is 1. The number of hydrogen-bond donors (Lipinski definition) is 2. The fourth-order valence-electron chi connectivity index (χ4n) is 2.40. The van der Waals surface area contributed by atoms with E-state index in [1.165, 1.54) is 11.8 Å². The summed E-state index contributed by atoms with van der Waals surface area (Å²) < 4.78 is 5.76. The first-order valence-corrected chi connectivity index (χ1v) is 10.1. The Balaban J connectivity index is 1.50. The molecule has 28 heavy (non-hydrogen) atoms. The molecule has 0 bridgehead atoms. The molecule has 0 radical (unpaired) electrons. The number of aromatic amines is 1. The van der Waals surface area contributed by atoms with Gasteiger partial charge in [-0.25, -0.2) is 4.98 Å². The van der Waals surface area contributed by atoms with Gasteiger partial charge in [0.1, 0.15) is 18.2 Å². The summed E-state index contributed by atoms with van der Waals surface area (Å²) in [6, 6.07) is 17.3. The Bertz CT molecular complexity index is 894. The lowest BCUT2D eigenvalue weighted by atomic mass is 10.2. The van der Waals surface area contributed by atoms with Crippen LogP contribution in [-0.4, -0.2) is 26.3 Å². The lowest BCUT2D eigenvalue weighted by Crippen LogP contribution is -2.22. The monoisotopic (exact) mass is 396 g/mol. The summed E-state index contributed by atoms with van der Waals surface area (Å²) >= 11 is 1.33. The molecule has 6 nitrogen and oxygen atoms in total. The van der Waals surface area contributed by atoms with Crippen molar-refractivity contribution >= 4 is 23.4 Å². The molecule has 3 rings (SSSR count). The molecule has 0 saturated heterocycles. The molecule has 0 aliphatic carbocycles. The average Bonchev–Trinajstić information content (AvgIpc) is 3.17.